The van der Waals surface area contributed by atoms with Crippen molar-refractivity contribution in [2.45, 2.75) is 19.4 Å². The van der Waals surface area contributed by atoms with Gasteiger partial charge in [0.15, 0.2) is 0 Å². The van der Waals surface area contributed by atoms with E-state index in [-0.39, 0.29) is 17.5 Å². The zero-order valence-corrected chi connectivity index (χ0v) is 9.16. The lowest BCUT2D eigenvalue weighted by Gasteiger charge is -2.09. The van der Waals surface area contributed by atoms with Crippen molar-refractivity contribution in [3.8, 4) is 0 Å². The topological polar surface area (TPSA) is 87.0 Å². The molecule has 1 unspecified atom stereocenters. The predicted octanol–water partition coefficient (Wildman–Crippen LogP) is 1.36. The van der Waals surface area contributed by atoms with E-state index in [0.717, 1.165) is 17.9 Å². The normalized spacial score (nSPS) is 20.7. The minimum absolute atomic E-state index is 0.0492. The first kappa shape index (κ1) is 10.3. The molecular formula is C8H12N4O2S. The van der Waals surface area contributed by atoms with Crippen LogP contribution in [0.2, 0.25) is 0 Å². The van der Waals surface area contributed by atoms with Gasteiger partial charge < -0.3 is 5.73 Å². The number of thioether (sulfide) groups is 1. The smallest absolute Gasteiger partial charge is 0.333 e. The average Bonchev–Trinajstić information content (AvgIpc) is 2.72. The second kappa shape index (κ2) is 3.73. The quantitative estimate of drug-likeness (QED) is 0.610. The van der Waals surface area contributed by atoms with Crippen molar-refractivity contribution < 1.29 is 4.92 Å². The Labute approximate surface area is 91.0 Å². The Morgan fingerprint density at radius 1 is 1.73 bits per heavy atom. The van der Waals surface area contributed by atoms with Crippen molar-refractivity contribution in [1.82, 2.24) is 9.78 Å². The van der Waals surface area contributed by atoms with Crippen LogP contribution in [0.1, 0.15) is 18.2 Å². The molecule has 0 amide bonds. The van der Waals surface area contributed by atoms with Gasteiger partial charge in [-0.05, 0) is 19.1 Å². The van der Waals surface area contributed by atoms with Gasteiger partial charge in [0.2, 0.25) is 5.82 Å². The Bertz CT molecular complexity index is 398. The summed E-state index contributed by atoms with van der Waals surface area (Å²) in [5, 5.41) is 14.9. The third-order valence-electron chi connectivity index (χ3n) is 2.52. The Morgan fingerprint density at radius 3 is 2.93 bits per heavy atom. The summed E-state index contributed by atoms with van der Waals surface area (Å²) in [7, 11) is 0. The van der Waals surface area contributed by atoms with Crippen LogP contribution in [0.3, 0.4) is 0 Å². The summed E-state index contributed by atoms with van der Waals surface area (Å²) in [6.45, 7) is 1.62. The monoisotopic (exact) mass is 228 g/mol. The highest BCUT2D eigenvalue weighted by molar-refractivity contribution is 7.99. The maximum atomic E-state index is 10.7. The van der Waals surface area contributed by atoms with Gasteiger partial charge in [-0.2, -0.15) is 16.9 Å². The summed E-state index contributed by atoms with van der Waals surface area (Å²) < 4.78 is 1.60. The molecule has 1 aromatic rings. The number of hydrogen-bond donors (Lipinski definition) is 1. The van der Waals surface area contributed by atoms with Crippen LogP contribution in [-0.4, -0.2) is 26.2 Å². The fourth-order valence-electron chi connectivity index (χ4n) is 1.78. The maximum Gasteiger partial charge on any atom is 0.333 e. The molecule has 2 N–H and O–H groups in total. The first-order chi connectivity index (χ1) is 7.11. The van der Waals surface area contributed by atoms with Gasteiger partial charge in [-0.1, -0.05) is 0 Å². The summed E-state index contributed by atoms with van der Waals surface area (Å²) in [6, 6.07) is 0.211. The van der Waals surface area contributed by atoms with Crippen molar-refractivity contribution in [3.05, 3.63) is 15.8 Å². The molecule has 0 aromatic carbocycles. The lowest BCUT2D eigenvalue weighted by Crippen LogP contribution is -2.12. The highest BCUT2D eigenvalue weighted by Gasteiger charge is 2.28. The van der Waals surface area contributed by atoms with Gasteiger partial charge in [-0.25, -0.2) is 4.68 Å². The predicted molar refractivity (Wildman–Crippen MR) is 59.0 cm³/mol. The van der Waals surface area contributed by atoms with Crippen LogP contribution in [0.5, 0.6) is 0 Å². The van der Waals surface area contributed by atoms with E-state index < -0.39 is 4.92 Å². The Morgan fingerprint density at radius 2 is 2.47 bits per heavy atom. The number of aryl methyl sites for hydroxylation is 1. The van der Waals surface area contributed by atoms with Crippen molar-refractivity contribution in [2.75, 3.05) is 17.2 Å². The van der Waals surface area contributed by atoms with E-state index in [0.29, 0.717) is 5.69 Å². The third-order valence-corrected chi connectivity index (χ3v) is 3.67. The van der Waals surface area contributed by atoms with E-state index >= 15 is 0 Å². The molecule has 0 aliphatic carbocycles. The molecule has 15 heavy (non-hydrogen) atoms. The first-order valence-electron chi connectivity index (χ1n) is 4.68. The lowest BCUT2D eigenvalue weighted by molar-refractivity contribution is -0.384. The molecule has 2 rings (SSSR count). The molecule has 82 valence electrons. The van der Waals surface area contributed by atoms with Crippen LogP contribution in [-0.2, 0) is 0 Å². The van der Waals surface area contributed by atoms with Crippen LogP contribution < -0.4 is 5.73 Å². The number of nitrogen functional groups attached to an aromatic ring is 1. The summed E-state index contributed by atoms with van der Waals surface area (Å²) in [4.78, 5) is 10.3. The zero-order chi connectivity index (χ0) is 11.0. The average molecular weight is 228 g/mol. The minimum Gasteiger partial charge on any atom is -0.378 e. The van der Waals surface area contributed by atoms with E-state index in [2.05, 4.69) is 5.10 Å². The van der Waals surface area contributed by atoms with Crippen LogP contribution in [0, 0.1) is 17.0 Å². The van der Waals surface area contributed by atoms with Gasteiger partial charge in [0.1, 0.15) is 5.69 Å². The summed E-state index contributed by atoms with van der Waals surface area (Å²) in [5.74, 6) is 2.18. The van der Waals surface area contributed by atoms with E-state index in [4.69, 9.17) is 5.73 Å². The van der Waals surface area contributed by atoms with Gasteiger partial charge >= 0.3 is 5.69 Å². The number of nitrogens with two attached hydrogens (primary N) is 1. The fraction of sp³-hybridized carbons (Fsp3) is 0.625. The van der Waals surface area contributed by atoms with E-state index in [9.17, 15) is 10.1 Å². The standard InChI is InChI=1S/C8H12N4O2S/c1-5-7(12(13)14)8(9)11(10-5)6-2-3-15-4-6/h6H,2-4,9H2,1H3. The third kappa shape index (κ3) is 1.67. The minimum atomic E-state index is -0.462. The molecule has 7 heteroatoms. The second-order valence-corrected chi connectivity index (χ2v) is 4.69. The van der Waals surface area contributed by atoms with E-state index in [1.165, 1.54) is 0 Å². The zero-order valence-electron chi connectivity index (χ0n) is 8.34. The summed E-state index contributed by atoms with van der Waals surface area (Å²) >= 11 is 1.82. The van der Waals surface area contributed by atoms with E-state index in [1.807, 2.05) is 11.8 Å². The largest absolute Gasteiger partial charge is 0.378 e. The number of nitro groups is 1. The molecule has 0 bridgehead atoms. The van der Waals surface area contributed by atoms with Gasteiger partial charge in [-0.15, -0.1) is 0 Å². The molecule has 6 nitrogen and oxygen atoms in total. The van der Waals surface area contributed by atoms with Crippen molar-refractivity contribution in [2.24, 2.45) is 0 Å². The van der Waals surface area contributed by atoms with Crippen molar-refractivity contribution in [3.63, 3.8) is 0 Å². The molecule has 1 saturated heterocycles. The number of nitrogens with zero attached hydrogens (tertiary/aromatic N) is 3. The Hall–Kier alpha value is -1.24. The number of aromatic nitrogens is 2. The molecule has 1 aliphatic heterocycles. The van der Waals surface area contributed by atoms with Crippen LogP contribution in [0.25, 0.3) is 0 Å². The Kier molecular flexibility index (Phi) is 2.56. The molecule has 1 aromatic heterocycles. The van der Waals surface area contributed by atoms with Gasteiger partial charge in [0.25, 0.3) is 0 Å². The van der Waals surface area contributed by atoms with Gasteiger partial charge in [-0.3, -0.25) is 10.1 Å². The molecule has 1 aliphatic rings. The van der Waals surface area contributed by atoms with Gasteiger partial charge in [0, 0.05) is 5.75 Å². The first-order valence-corrected chi connectivity index (χ1v) is 5.83. The lowest BCUT2D eigenvalue weighted by atomic mass is 10.3. The highest BCUT2D eigenvalue weighted by atomic mass is 32.2. The molecular weight excluding hydrogens is 216 g/mol. The van der Waals surface area contributed by atoms with Crippen molar-refractivity contribution >= 4 is 23.3 Å². The maximum absolute atomic E-state index is 10.7. The summed E-state index contributed by atoms with van der Waals surface area (Å²) in [5.41, 5.74) is 6.08. The SMILES string of the molecule is Cc1nn(C2CCSC2)c(N)c1[N+](=O)[O-]. The molecule has 0 saturated carbocycles. The van der Waals surface area contributed by atoms with Crippen LogP contribution in [0.15, 0.2) is 0 Å². The molecule has 2 heterocycles. The number of anilines is 1. The molecule has 0 spiro atoms. The van der Waals surface area contributed by atoms with Gasteiger partial charge in [0.05, 0.1) is 11.0 Å². The van der Waals surface area contributed by atoms with Crippen LogP contribution in [0.4, 0.5) is 11.5 Å². The Balaban J connectivity index is 2.40. The molecule has 1 fully saturated rings. The number of hydrogen-bond acceptors (Lipinski definition) is 5. The summed E-state index contributed by atoms with van der Waals surface area (Å²) in [6.07, 6.45) is 0.979. The number of rotatable bonds is 2. The van der Waals surface area contributed by atoms with Crippen molar-refractivity contribution in [1.29, 1.82) is 0 Å². The molecule has 0 radical (unpaired) electrons. The van der Waals surface area contributed by atoms with Crippen LogP contribution >= 0.6 is 11.8 Å². The van der Waals surface area contributed by atoms with E-state index in [1.54, 1.807) is 11.6 Å². The fourth-order valence-corrected chi connectivity index (χ4v) is 2.96. The second-order valence-electron chi connectivity index (χ2n) is 3.54. The molecule has 1 atom stereocenters. The highest BCUT2D eigenvalue weighted by Crippen LogP contribution is 2.34.